The Balaban J connectivity index is 2.60. The number of esters is 1. The van der Waals surface area contributed by atoms with Crippen LogP contribution in [0.15, 0.2) is 42.5 Å². The third-order valence-electron chi connectivity index (χ3n) is 3.47. The maximum absolute atomic E-state index is 12.0. The number of carbonyl (C=O) groups excluding carboxylic acids is 1. The van der Waals surface area contributed by atoms with Crippen LogP contribution in [0.1, 0.15) is 39.5 Å². The lowest BCUT2D eigenvalue weighted by molar-refractivity contribution is -0.131. The molecule has 2 atom stereocenters. The molecule has 0 heterocycles. The number of carbonyl (C=O) groups is 1. The van der Waals surface area contributed by atoms with Crippen LogP contribution in [0.2, 0.25) is 0 Å². The molecule has 1 rings (SSSR count). The Morgan fingerprint density at radius 1 is 1.30 bits per heavy atom. The molecule has 0 aliphatic heterocycles. The maximum Gasteiger partial charge on any atom is 0.341 e. The van der Waals surface area contributed by atoms with Gasteiger partial charge in [-0.2, -0.15) is 0 Å². The molecule has 0 aromatic heterocycles. The fourth-order valence-corrected chi connectivity index (χ4v) is 2.12. The molecule has 0 bridgehead atoms. The maximum atomic E-state index is 12.0. The van der Waals surface area contributed by atoms with Gasteiger partial charge in [0, 0.05) is 0 Å². The summed E-state index contributed by atoms with van der Waals surface area (Å²) in [4.78, 5) is 12.0. The minimum Gasteiger partial charge on any atom is -0.423 e. The van der Waals surface area contributed by atoms with E-state index in [0.717, 1.165) is 25.7 Å². The Hall–Kier alpha value is -1.61. The van der Waals surface area contributed by atoms with Gasteiger partial charge in [-0.05, 0) is 24.5 Å². The van der Waals surface area contributed by atoms with E-state index < -0.39 is 12.1 Å². The second-order valence-electron chi connectivity index (χ2n) is 4.98. The Labute approximate surface area is 121 Å². The van der Waals surface area contributed by atoms with Crippen molar-refractivity contribution >= 4 is 5.97 Å². The summed E-state index contributed by atoms with van der Waals surface area (Å²) in [5.74, 6) is -0.0307. The van der Waals surface area contributed by atoms with Crippen molar-refractivity contribution in [2.45, 2.75) is 45.6 Å². The van der Waals surface area contributed by atoms with Crippen molar-refractivity contribution in [2.75, 3.05) is 0 Å². The fraction of sp³-hybridized carbons (Fsp3) is 0.471. The normalized spacial score (nSPS) is 13.6. The van der Waals surface area contributed by atoms with Gasteiger partial charge in [0.2, 0.25) is 0 Å². The first kappa shape index (κ1) is 16.4. The molecule has 3 heteroatoms. The summed E-state index contributed by atoms with van der Waals surface area (Å²) in [6, 6.07) is 8.83. The molecule has 110 valence electrons. The Bertz CT molecular complexity index is 425. The van der Waals surface area contributed by atoms with Gasteiger partial charge in [-0.1, -0.05) is 57.9 Å². The number of para-hydroxylation sites is 1. The molecule has 1 aromatic carbocycles. The van der Waals surface area contributed by atoms with Gasteiger partial charge in [-0.15, -0.1) is 0 Å². The number of rotatable bonds is 8. The molecule has 0 spiro atoms. The van der Waals surface area contributed by atoms with E-state index in [2.05, 4.69) is 13.5 Å². The number of aliphatic hydroxyl groups excluding tert-OH is 1. The zero-order valence-electron chi connectivity index (χ0n) is 12.3. The number of aliphatic hydroxyl groups is 1. The van der Waals surface area contributed by atoms with E-state index in [0.29, 0.717) is 5.75 Å². The first-order valence-electron chi connectivity index (χ1n) is 7.24. The fourth-order valence-electron chi connectivity index (χ4n) is 2.12. The van der Waals surface area contributed by atoms with Crippen LogP contribution in [-0.4, -0.2) is 17.2 Å². The molecule has 0 aliphatic rings. The van der Waals surface area contributed by atoms with Gasteiger partial charge in [0.05, 0.1) is 11.7 Å². The van der Waals surface area contributed by atoms with Crippen molar-refractivity contribution in [1.82, 2.24) is 0 Å². The highest BCUT2D eigenvalue weighted by atomic mass is 16.5. The van der Waals surface area contributed by atoms with E-state index >= 15 is 0 Å². The number of benzene rings is 1. The van der Waals surface area contributed by atoms with E-state index in [1.54, 1.807) is 24.3 Å². The highest BCUT2D eigenvalue weighted by Crippen LogP contribution is 2.22. The summed E-state index contributed by atoms with van der Waals surface area (Å²) < 4.78 is 5.20. The summed E-state index contributed by atoms with van der Waals surface area (Å²) in [5, 5.41) is 10.3. The summed E-state index contributed by atoms with van der Waals surface area (Å²) in [5.41, 5.74) is 0.136. The van der Waals surface area contributed by atoms with Crippen molar-refractivity contribution in [3.05, 3.63) is 42.5 Å². The standard InChI is InChI=1S/C17H24O3/c1-4-6-10-14(5-2)16(18)13(3)17(19)20-15-11-8-7-9-12-15/h7-9,11-12,14,16,18H,3-6,10H2,1-2H3. The zero-order valence-corrected chi connectivity index (χ0v) is 12.3. The number of hydrogen-bond acceptors (Lipinski definition) is 3. The summed E-state index contributed by atoms with van der Waals surface area (Å²) in [6.45, 7) is 7.83. The molecular formula is C17H24O3. The molecule has 20 heavy (non-hydrogen) atoms. The predicted molar refractivity (Wildman–Crippen MR) is 80.5 cm³/mol. The van der Waals surface area contributed by atoms with E-state index in [4.69, 9.17) is 4.74 Å². The number of hydrogen-bond donors (Lipinski definition) is 1. The predicted octanol–water partition coefficient (Wildman–Crippen LogP) is 3.73. The lowest BCUT2D eigenvalue weighted by Crippen LogP contribution is -2.28. The lowest BCUT2D eigenvalue weighted by atomic mass is 9.89. The monoisotopic (exact) mass is 276 g/mol. The highest BCUT2D eigenvalue weighted by Gasteiger charge is 2.25. The average Bonchev–Trinajstić information content (AvgIpc) is 2.48. The third-order valence-corrected chi connectivity index (χ3v) is 3.47. The van der Waals surface area contributed by atoms with Gasteiger partial charge in [0.15, 0.2) is 0 Å². The van der Waals surface area contributed by atoms with Crippen LogP contribution in [0.3, 0.4) is 0 Å². The number of ether oxygens (including phenoxy) is 1. The van der Waals surface area contributed by atoms with E-state index in [-0.39, 0.29) is 11.5 Å². The zero-order chi connectivity index (χ0) is 15.0. The molecule has 0 aliphatic carbocycles. The van der Waals surface area contributed by atoms with Crippen molar-refractivity contribution < 1.29 is 14.6 Å². The van der Waals surface area contributed by atoms with Crippen LogP contribution >= 0.6 is 0 Å². The number of unbranched alkanes of at least 4 members (excludes halogenated alkanes) is 1. The van der Waals surface area contributed by atoms with Crippen LogP contribution in [0, 0.1) is 5.92 Å². The topological polar surface area (TPSA) is 46.5 Å². The van der Waals surface area contributed by atoms with E-state index in [9.17, 15) is 9.90 Å². The molecule has 1 aromatic rings. The lowest BCUT2D eigenvalue weighted by Gasteiger charge is -2.22. The highest BCUT2D eigenvalue weighted by molar-refractivity contribution is 5.90. The second-order valence-corrected chi connectivity index (χ2v) is 4.98. The summed E-state index contributed by atoms with van der Waals surface area (Å²) in [7, 11) is 0. The molecule has 1 N–H and O–H groups in total. The molecule has 0 radical (unpaired) electrons. The smallest absolute Gasteiger partial charge is 0.341 e. The van der Waals surface area contributed by atoms with Gasteiger partial charge in [0.25, 0.3) is 0 Å². The molecule has 0 fully saturated rings. The average molecular weight is 276 g/mol. The molecule has 0 saturated carbocycles. The second kappa shape index (κ2) is 8.54. The summed E-state index contributed by atoms with van der Waals surface area (Å²) in [6.07, 6.45) is 2.99. The SMILES string of the molecule is C=C(C(=O)Oc1ccccc1)C(O)C(CC)CCCC. The van der Waals surface area contributed by atoms with Gasteiger partial charge in [0.1, 0.15) is 5.75 Å². The van der Waals surface area contributed by atoms with Crippen LogP contribution in [0.4, 0.5) is 0 Å². The minimum atomic E-state index is -0.831. The molecule has 0 amide bonds. The van der Waals surface area contributed by atoms with Crippen LogP contribution < -0.4 is 4.74 Å². The largest absolute Gasteiger partial charge is 0.423 e. The van der Waals surface area contributed by atoms with Gasteiger partial charge in [-0.25, -0.2) is 4.79 Å². The molecule has 0 saturated heterocycles. The van der Waals surface area contributed by atoms with Crippen LogP contribution in [-0.2, 0) is 4.79 Å². The Morgan fingerprint density at radius 2 is 1.95 bits per heavy atom. The quantitative estimate of drug-likeness (QED) is 0.447. The van der Waals surface area contributed by atoms with Gasteiger partial charge in [-0.3, -0.25) is 0 Å². The molecule has 2 unspecified atom stereocenters. The van der Waals surface area contributed by atoms with Crippen LogP contribution in [0.5, 0.6) is 5.75 Å². The Kier molecular flexibility index (Phi) is 7.02. The first-order chi connectivity index (χ1) is 9.60. The van der Waals surface area contributed by atoms with Gasteiger partial charge < -0.3 is 9.84 Å². The molecular weight excluding hydrogens is 252 g/mol. The summed E-state index contributed by atoms with van der Waals surface area (Å²) >= 11 is 0. The van der Waals surface area contributed by atoms with Crippen LogP contribution in [0.25, 0.3) is 0 Å². The van der Waals surface area contributed by atoms with Crippen molar-refractivity contribution in [3.63, 3.8) is 0 Å². The third kappa shape index (κ3) is 4.82. The van der Waals surface area contributed by atoms with E-state index in [1.165, 1.54) is 0 Å². The first-order valence-corrected chi connectivity index (χ1v) is 7.24. The minimum absolute atomic E-state index is 0.0609. The van der Waals surface area contributed by atoms with Crippen molar-refractivity contribution in [3.8, 4) is 5.75 Å². The Morgan fingerprint density at radius 3 is 2.50 bits per heavy atom. The van der Waals surface area contributed by atoms with Crippen molar-refractivity contribution in [1.29, 1.82) is 0 Å². The van der Waals surface area contributed by atoms with E-state index in [1.807, 2.05) is 13.0 Å². The molecule has 3 nitrogen and oxygen atoms in total. The van der Waals surface area contributed by atoms with Crippen molar-refractivity contribution in [2.24, 2.45) is 5.92 Å². The van der Waals surface area contributed by atoms with Gasteiger partial charge >= 0.3 is 5.97 Å².